The maximum absolute atomic E-state index is 5.72. The molecule has 2 unspecified atom stereocenters. The highest BCUT2D eigenvalue weighted by Gasteiger charge is 2.36. The Morgan fingerprint density at radius 1 is 1.82 bits per heavy atom. The number of hydrogen-bond donors (Lipinski definition) is 0. The molecule has 0 bridgehead atoms. The molecule has 0 aromatic carbocycles. The fourth-order valence-electron chi connectivity index (χ4n) is 1.62. The molecule has 0 aromatic heterocycles. The van der Waals surface area contributed by atoms with Gasteiger partial charge in [0.15, 0.2) is 0 Å². The highest BCUT2D eigenvalue weighted by molar-refractivity contribution is 9.09. The lowest BCUT2D eigenvalue weighted by Gasteiger charge is -2.24. The van der Waals surface area contributed by atoms with E-state index in [-0.39, 0.29) is 5.60 Å². The zero-order valence-electron chi connectivity index (χ0n) is 6.98. The third-order valence-corrected chi connectivity index (χ3v) is 3.18. The first kappa shape index (κ1) is 9.27. The van der Waals surface area contributed by atoms with Crippen LogP contribution in [0.2, 0.25) is 0 Å². The normalized spacial score (nSPS) is 37.5. The van der Waals surface area contributed by atoms with Gasteiger partial charge in [-0.2, -0.15) is 0 Å². The van der Waals surface area contributed by atoms with E-state index in [0.29, 0.717) is 5.92 Å². The van der Waals surface area contributed by atoms with Gasteiger partial charge in [-0.25, -0.2) is 0 Å². The van der Waals surface area contributed by atoms with E-state index in [2.05, 4.69) is 29.4 Å². The quantitative estimate of drug-likeness (QED) is 0.523. The van der Waals surface area contributed by atoms with Crippen molar-refractivity contribution in [2.45, 2.75) is 25.4 Å². The minimum absolute atomic E-state index is 0.0567. The lowest BCUT2D eigenvalue weighted by Crippen LogP contribution is -2.28. The van der Waals surface area contributed by atoms with Crippen LogP contribution in [0.15, 0.2) is 12.7 Å². The maximum atomic E-state index is 5.72. The third-order valence-electron chi connectivity index (χ3n) is 2.15. The summed E-state index contributed by atoms with van der Waals surface area (Å²) < 4.78 is 5.72. The van der Waals surface area contributed by atoms with Gasteiger partial charge in [0.2, 0.25) is 0 Å². The first-order valence-electron chi connectivity index (χ1n) is 4.03. The molecule has 1 nitrogen and oxygen atoms in total. The van der Waals surface area contributed by atoms with E-state index in [9.17, 15) is 0 Å². The zero-order valence-corrected chi connectivity index (χ0v) is 8.56. The SMILES string of the molecule is C=CCC1(CBr)CC(C)CO1. The molecule has 2 atom stereocenters. The highest BCUT2D eigenvalue weighted by Crippen LogP contribution is 2.34. The van der Waals surface area contributed by atoms with Crippen LogP contribution in [0.3, 0.4) is 0 Å². The molecule has 0 N–H and O–H groups in total. The fraction of sp³-hybridized carbons (Fsp3) is 0.778. The van der Waals surface area contributed by atoms with Gasteiger partial charge in [-0.15, -0.1) is 6.58 Å². The van der Waals surface area contributed by atoms with E-state index >= 15 is 0 Å². The molecule has 0 aliphatic carbocycles. The van der Waals surface area contributed by atoms with Crippen LogP contribution in [0.4, 0.5) is 0 Å². The van der Waals surface area contributed by atoms with Gasteiger partial charge in [-0.1, -0.05) is 28.9 Å². The lowest BCUT2D eigenvalue weighted by atomic mass is 9.94. The second-order valence-corrected chi connectivity index (χ2v) is 3.99. The van der Waals surface area contributed by atoms with Crippen LogP contribution in [0, 0.1) is 5.92 Å². The molecule has 0 radical (unpaired) electrons. The van der Waals surface area contributed by atoms with Crippen molar-refractivity contribution in [1.29, 1.82) is 0 Å². The first-order valence-corrected chi connectivity index (χ1v) is 5.15. The summed E-state index contributed by atoms with van der Waals surface area (Å²) >= 11 is 3.49. The second kappa shape index (κ2) is 3.72. The summed E-state index contributed by atoms with van der Waals surface area (Å²) in [6.45, 7) is 6.87. The van der Waals surface area contributed by atoms with Crippen LogP contribution in [0.1, 0.15) is 19.8 Å². The Kier molecular flexibility index (Phi) is 3.14. The fourth-order valence-corrected chi connectivity index (χ4v) is 2.24. The standard InChI is InChI=1S/C9H15BrO/c1-3-4-9(7-10)5-8(2)6-11-9/h3,8H,1,4-7H2,2H3. The topological polar surface area (TPSA) is 9.23 Å². The van der Waals surface area contributed by atoms with Crippen LogP contribution >= 0.6 is 15.9 Å². The van der Waals surface area contributed by atoms with Gasteiger partial charge in [0.25, 0.3) is 0 Å². The average Bonchev–Trinajstić information content (AvgIpc) is 2.34. The van der Waals surface area contributed by atoms with E-state index in [4.69, 9.17) is 4.74 Å². The van der Waals surface area contributed by atoms with Crippen LogP contribution in [-0.2, 0) is 4.74 Å². The van der Waals surface area contributed by atoms with E-state index in [0.717, 1.165) is 24.8 Å². The van der Waals surface area contributed by atoms with Crippen molar-refractivity contribution in [3.63, 3.8) is 0 Å². The monoisotopic (exact) mass is 218 g/mol. The summed E-state index contributed by atoms with van der Waals surface area (Å²) in [5.74, 6) is 0.701. The minimum atomic E-state index is 0.0567. The van der Waals surface area contributed by atoms with Gasteiger partial charge in [0.05, 0.1) is 12.2 Å². The van der Waals surface area contributed by atoms with Crippen molar-refractivity contribution >= 4 is 15.9 Å². The van der Waals surface area contributed by atoms with Crippen LogP contribution in [0.25, 0.3) is 0 Å². The number of halogens is 1. The third kappa shape index (κ3) is 2.06. The molecule has 1 aliphatic rings. The molecule has 0 saturated carbocycles. The summed E-state index contributed by atoms with van der Waals surface area (Å²) in [5, 5.41) is 0.927. The largest absolute Gasteiger partial charge is 0.374 e. The van der Waals surface area contributed by atoms with E-state index in [1.165, 1.54) is 0 Å². The molecule has 1 saturated heterocycles. The van der Waals surface area contributed by atoms with Gasteiger partial charge in [0, 0.05) is 5.33 Å². The molecule has 1 aliphatic heterocycles. The molecular formula is C9H15BrO. The van der Waals surface area contributed by atoms with Crippen LogP contribution in [0.5, 0.6) is 0 Å². The van der Waals surface area contributed by atoms with Crippen molar-refractivity contribution in [2.24, 2.45) is 5.92 Å². The Balaban J connectivity index is 2.54. The average molecular weight is 219 g/mol. The predicted molar refractivity (Wildman–Crippen MR) is 51.1 cm³/mol. The van der Waals surface area contributed by atoms with Crippen LogP contribution < -0.4 is 0 Å². The molecule has 0 spiro atoms. The Labute approximate surface area is 76.9 Å². The summed E-state index contributed by atoms with van der Waals surface area (Å²) in [4.78, 5) is 0. The van der Waals surface area contributed by atoms with Crippen LogP contribution in [-0.4, -0.2) is 17.5 Å². The Bertz CT molecular complexity index is 146. The summed E-state index contributed by atoms with van der Waals surface area (Å²) in [5.41, 5.74) is 0.0567. The van der Waals surface area contributed by atoms with Gasteiger partial charge >= 0.3 is 0 Å². The molecule has 1 rings (SSSR count). The molecule has 0 amide bonds. The number of hydrogen-bond acceptors (Lipinski definition) is 1. The van der Waals surface area contributed by atoms with Crippen molar-refractivity contribution < 1.29 is 4.74 Å². The van der Waals surface area contributed by atoms with Crippen molar-refractivity contribution in [1.82, 2.24) is 0 Å². The highest BCUT2D eigenvalue weighted by atomic mass is 79.9. The van der Waals surface area contributed by atoms with Crippen molar-refractivity contribution in [3.8, 4) is 0 Å². The zero-order chi connectivity index (χ0) is 8.32. The van der Waals surface area contributed by atoms with E-state index in [1.54, 1.807) is 0 Å². The maximum Gasteiger partial charge on any atom is 0.0816 e. The molecule has 64 valence electrons. The van der Waals surface area contributed by atoms with Crippen molar-refractivity contribution in [3.05, 3.63) is 12.7 Å². The molecular weight excluding hydrogens is 204 g/mol. The lowest BCUT2D eigenvalue weighted by molar-refractivity contribution is 0.0270. The number of alkyl halides is 1. The van der Waals surface area contributed by atoms with Crippen molar-refractivity contribution in [2.75, 3.05) is 11.9 Å². The van der Waals surface area contributed by atoms with Gasteiger partial charge in [-0.05, 0) is 18.8 Å². The smallest absolute Gasteiger partial charge is 0.0816 e. The van der Waals surface area contributed by atoms with E-state index < -0.39 is 0 Å². The molecule has 1 fully saturated rings. The Morgan fingerprint density at radius 3 is 2.91 bits per heavy atom. The number of ether oxygens (including phenoxy) is 1. The second-order valence-electron chi connectivity index (χ2n) is 3.43. The van der Waals surface area contributed by atoms with Gasteiger partial charge in [0.1, 0.15) is 0 Å². The molecule has 11 heavy (non-hydrogen) atoms. The summed E-state index contributed by atoms with van der Waals surface area (Å²) in [6.07, 6.45) is 4.06. The van der Waals surface area contributed by atoms with E-state index in [1.807, 2.05) is 6.08 Å². The molecule has 2 heteroatoms. The summed E-state index contributed by atoms with van der Waals surface area (Å²) in [7, 11) is 0. The summed E-state index contributed by atoms with van der Waals surface area (Å²) in [6, 6.07) is 0. The van der Waals surface area contributed by atoms with Gasteiger partial charge in [-0.3, -0.25) is 0 Å². The molecule has 0 aromatic rings. The first-order chi connectivity index (χ1) is 5.22. The predicted octanol–water partition coefficient (Wildman–Crippen LogP) is 2.75. The Morgan fingerprint density at radius 2 is 2.55 bits per heavy atom. The minimum Gasteiger partial charge on any atom is -0.374 e. The Hall–Kier alpha value is 0.180. The molecule has 1 heterocycles. The van der Waals surface area contributed by atoms with Gasteiger partial charge < -0.3 is 4.74 Å². The number of rotatable bonds is 3.